The largest absolute Gasteiger partial charge is 0.343 e. The first-order chi connectivity index (χ1) is 7.97. The second kappa shape index (κ2) is 10.5. The summed E-state index contributed by atoms with van der Waals surface area (Å²) in [6.45, 7) is 11.2. The highest BCUT2D eigenvalue weighted by molar-refractivity contribution is 5.81. The quantitative estimate of drug-likeness (QED) is 0.686. The second-order valence-electron chi connectivity index (χ2n) is 3.26. The zero-order valence-corrected chi connectivity index (χ0v) is 11.3. The Labute approximate surface area is 101 Å². The van der Waals surface area contributed by atoms with Crippen LogP contribution in [0, 0.1) is 0 Å². The number of nitrogens with zero attached hydrogens (tertiary/aromatic N) is 2. The maximum atomic E-state index is 4.40. The summed E-state index contributed by atoms with van der Waals surface area (Å²) < 4.78 is 0. The van der Waals surface area contributed by atoms with Crippen LogP contribution in [0.3, 0.4) is 0 Å². The molecule has 94 valence electrons. The Morgan fingerprint density at radius 1 is 1.06 bits per heavy atom. The number of rotatable bonds is 0. The lowest BCUT2D eigenvalue weighted by atomic mass is 10.1. The van der Waals surface area contributed by atoms with E-state index in [0.29, 0.717) is 0 Å². The van der Waals surface area contributed by atoms with Gasteiger partial charge >= 0.3 is 0 Å². The van der Waals surface area contributed by atoms with Gasteiger partial charge in [0.25, 0.3) is 0 Å². The molecule has 2 rings (SSSR count). The van der Waals surface area contributed by atoms with Crippen molar-refractivity contribution in [2.45, 2.75) is 47.0 Å². The van der Waals surface area contributed by atoms with E-state index in [9.17, 15) is 0 Å². The van der Waals surface area contributed by atoms with Crippen LogP contribution < -0.4 is 5.32 Å². The maximum Gasteiger partial charge on any atom is 0.198 e. The molecule has 2 aliphatic rings. The van der Waals surface area contributed by atoms with E-state index in [1.54, 1.807) is 0 Å². The molecule has 0 aromatic heterocycles. The van der Waals surface area contributed by atoms with E-state index in [1.165, 1.54) is 32.4 Å². The Balaban J connectivity index is 0.000000509. The van der Waals surface area contributed by atoms with Crippen LogP contribution in [0.25, 0.3) is 0 Å². The molecule has 2 aliphatic heterocycles. The van der Waals surface area contributed by atoms with E-state index < -0.39 is 0 Å². The molecule has 2 heterocycles. The normalized spacial score (nSPS) is 18.2. The van der Waals surface area contributed by atoms with Crippen LogP contribution in [0.1, 0.15) is 47.0 Å². The summed E-state index contributed by atoms with van der Waals surface area (Å²) in [7, 11) is 0. The molecule has 0 bridgehead atoms. The monoisotopic (exact) mass is 225 g/mol. The van der Waals surface area contributed by atoms with Crippen molar-refractivity contribution < 1.29 is 0 Å². The van der Waals surface area contributed by atoms with Crippen molar-refractivity contribution in [3.8, 4) is 0 Å². The minimum atomic E-state index is 0.832. The van der Waals surface area contributed by atoms with Crippen LogP contribution in [0.15, 0.2) is 17.3 Å². The Kier molecular flexibility index (Phi) is 9.87. The van der Waals surface area contributed by atoms with Crippen LogP contribution in [-0.4, -0.2) is 30.5 Å². The first-order valence-corrected chi connectivity index (χ1v) is 6.68. The molecular formula is C13H27N3. The number of aliphatic imine (C=N–C) groups is 1. The molecule has 3 nitrogen and oxygen atoms in total. The van der Waals surface area contributed by atoms with Gasteiger partial charge in [-0.3, -0.25) is 0 Å². The Morgan fingerprint density at radius 3 is 2.19 bits per heavy atom. The first kappa shape index (κ1) is 15.0. The number of nitrogens with one attached hydrogen (secondary N) is 1. The lowest BCUT2D eigenvalue weighted by molar-refractivity contribution is 0.334. The van der Waals surface area contributed by atoms with E-state index in [1.807, 2.05) is 40.0 Å². The summed E-state index contributed by atoms with van der Waals surface area (Å²) >= 11 is 0. The number of hydrogen-bond acceptors (Lipinski definition) is 3. The van der Waals surface area contributed by atoms with Crippen molar-refractivity contribution in [2.75, 3.05) is 19.6 Å². The Hall–Kier alpha value is -0.990. The van der Waals surface area contributed by atoms with E-state index in [4.69, 9.17) is 0 Å². The van der Waals surface area contributed by atoms with Gasteiger partial charge in [0.1, 0.15) is 0 Å². The molecule has 0 aromatic carbocycles. The number of likely N-dealkylation sites (tertiary alicyclic amines) is 1. The highest BCUT2D eigenvalue weighted by atomic mass is 15.3. The fourth-order valence-corrected chi connectivity index (χ4v) is 1.67. The first-order valence-electron chi connectivity index (χ1n) is 6.68. The van der Waals surface area contributed by atoms with E-state index in [2.05, 4.69) is 15.2 Å². The van der Waals surface area contributed by atoms with Crippen LogP contribution in [-0.2, 0) is 0 Å². The highest BCUT2D eigenvalue weighted by Crippen LogP contribution is 2.09. The molecule has 16 heavy (non-hydrogen) atoms. The van der Waals surface area contributed by atoms with Gasteiger partial charge in [-0.2, -0.15) is 0 Å². The SMILES string of the molecule is C1=CNC(N2CCCCC2)=NC1.CC.CC. The van der Waals surface area contributed by atoms with Gasteiger partial charge in [0.2, 0.25) is 0 Å². The molecule has 1 N–H and O–H groups in total. The third kappa shape index (κ3) is 5.19. The second-order valence-corrected chi connectivity index (χ2v) is 3.26. The molecule has 0 aliphatic carbocycles. The van der Waals surface area contributed by atoms with Crippen molar-refractivity contribution in [3.63, 3.8) is 0 Å². The molecule has 0 amide bonds. The zero-order chi connectivity index (χ0) is 12.2. The topological polar surface area (TPSA) is 27.6 Å². The van der Waals surface area contributed by atoms with Crippen molar-refractivity contribution in [3.05, 3.63) is 12.3 Å². The van der Waals surface area contributed by atoms with Crippen LogP contribution in [0.2, 0.25) is 0 Å². The minimum Gasteiger partial charge on any atom is -0.343 e. The van der Waals surface area contributed by atoms with Crippen molar-refractivity contribution >= 4 is 5.96 Å². The predicted molar refractivity (Wildman–Crippen MR) is 72.7 cm³/mol. The van der Waals surface area contributed by atoms with Gasteiger partial charge < -0.3 is 10.2 Å². The average molecular weight is 225 g/mol. The standard InChI is InChI=1S/C9H15N3.2C2H6/c1-2-7-12(8-3-1)9-10-5-4-6-11-9;2*1-2/h4-5H,1-3,6-8H2,(H,10,11);2*1-2H3. The summed E-state index contributed by atoms with van der Waals surface area (Å²) in [4.78, 5) is 6.74. The van der Waals surface area contributed by atoms with Gasteiger partial charge in [0, 0.05) is 19.3 Å². The Bertz CT molecular complexity index is 203. The molecule has 0 atom stereocenters. The predicted octanol–water partition coefficient (Wildman–Crippen LogP) is 3.00. The van der Waals surface area contributed by atoms with E-state index >= 15 is 0 Å². The lowest BCUT2D eigenvalue weighted by Crippen LogP contribution is -2.43. The maximum absolute atomic E-state index is 4.40. The van der Waals surface area contributed by atoms with E-state index in [0.717, 1.165) is 12.5 Å². The van der Waals surface area contributed by atoms with E-state index in [-0.39, 0.29) is 0 Å². The molecule has 0 radical (unpaired) electrons. The molecule has 1 fully saturated rings. The number of piperidine rings is 1. The molecule has 3 heteroatoms. The zero-order valence-electron chi connectivity index (χ0n) is 11.3. The number of hydrogen-bond donors (Lipinski definition) is 1. The molecule has 0 aromatic rings. The molecular weight excluding hydrogens is 198 g/mol. The Morgan fingerprint density at radius 2 is 1.69 bits per heavy atom. The smallest absolute Gasteiger partial charge is 0.198 e. The number of guanidine groups is 1. The fourth-order valence-electron chi connectivity index (χ4n) is 1.67. The summed E-state index contributed by atoms with van der Waals surface area (Å²) in [6.07, 6.45) is 8.01. The van der Waals surface area contributed by atoms with Crippen molar-refractivity contribution in [1.82, 2.24) is 10.2 Å². The van der Waals surface area contributed by atoms with Gasteiger partial charge in [-0.1, -0.05) is 27.7 Å². The van der Waals surface area contributed by atoms with Crippen molar-refractivity contribution in [2.24, 2.45) is 4.99 Å². The third-order valence-corrected chi connectivity index (χ3v) is 2.33. The third-order valence-electron chi connectivity index (χ3n) is 2.33. The van der Waals surface area contributed by atoms with Crippen molar-refractivity contribution in [1.29, 1.82) is 0 Å². The van der Waals surface area contributed by atoms with Gasteiger partial charge in [-0.05, 0) is 25.3 Å². The van der Waals surface area contributed by atoms with Crippen LogP contribution >= 0.6 is 0 Å². The lowest BCUT2D eigenvalue weighted by Gasteiger charge is -2.30. The molecule has 1 saturated heterocycles. The molecule has 0 saturated carbocycles. The summed E-state index contributed by atoms with van der Waals surface area (Å²) in [6, 6.07) is 0. The average Bonchev–Trinajstić information content (AvgIpc) is 2.45. The van der Waals surface area contributed by atoms with Crippen LogP contribution in [0.4, 0.5) is 0 Å². The summed E-state index contributed by atoms with van der Waals surface area (Å²) in [5.74, 6) is 1.07. The van der Waals surface area contributed by atoms with Crippen LogP contribution in [0.5, 0.6) is 0 Å². The highest BCUT2D eigenvalue weighted by Gasteiger charge is 2.13. The van der Waals surface area contributed by atoms with Gasteiger partial charge in [0.05, 0.1) is 6.54 Å². The van der Waals surface area contributed by atoms with Gasteiger partial charge in [-0.15, -0.1) is 0 Å². The summed E-state index contributed by atoms with van der Waals surface area (Å²) in [5.41, 5.74) is 0. The molecule has 0 spiro atoms. The fraction of sp³-hybridized carbons (Fsp3) is 0.769. The van der Waals surface area contributed by atoms with Gasteiger partial charge in [0.15, 0.2) is 5.96 Å². The summed E-state index contributed by atoms with van der Waals surface area (Å²) in [5, 5.41) is 3.18. The molecule has 0 unspecified atom stereocenters. The minimum absolute atomic E-state index is 0.832. The van der Waals surface area contributed by atoms with Gasteiger partial charge in [-0.25, -0.2) is 4.99 Å².